The molecule has 0 aromatic heterocycles. The zero-order chi connectivity index (χ0) is 12.2. The number of nitrogens with one attached hydrogen (secondary N) is 1. The quantitative estimate of drug-likeness (QED) is 0.893. The SMILES string of the molecule is CN(C)S(=O)(=O)NCCc1ccc(Br)cc1. The van der Waals surface area contributed by atoms with E-state index in [0.29, 0.717) is 13.0 Å². The lowest BCUT2D eigenvalue weighted by molar-refractivity contribution is 0.506. The fourth-order valence-electron chi connectivity index (χ4n) is 1.10. The Labute approximate surface area is 105 Å². The second-order valence-electron chi connectivity index (χ2n) is 3.56. The first-order valence-corrected chi connectivity index (χ1v) is 7.06. The standard InChI is InChI=1S/C10H15BrN2O2S/c1-13(2)16(14,15)12-8-7-9-3-5-10(11)6-4-9/h3-6,12H,7-8H2,1-2H3. The molecule has 0 heterocycles. The second-order valence-corrected chi connectivity index (χ2v) is 6.44. The third-order valence-electron chi connectivity index (χ3n) is 2.09. The van der Waals surface area contributed by atoms with Crippen LogP contribution in [0.5, 0.6) is 0 Å². The zero-order valence-electron chi connectivity index (χ0n) is 9.27. The minimum Gasteiger partial charge on any atom is -0.202 e. The Morgan fingerprint density at radius 2 is 1.81 bits per heavy atom. The summed E-state index contributed by atoms with van der Waals surface area (Å²) in [6, 6.07) is 7.81. The van der Waals surface area contributed by atoms with E-state index in [2.05, 4.69) is 20.7 Å². The van der Waals surface area contributed by atoms with E-state index < -0.39 is 10.2 Å². The van der Waals surface area contributed by atoms with Crippen molar-refractivity contribution in [3.8, 4) is 0 Å². The molecule has 0 unspecified atom stereocenters. The van der Waals surface area contributed by atoms with E-state index in [9.17, 15) is 8.42 Å². The van der Waals surface area contributed by atoms with Crippen LogP contribution < -0.4 is 4.72 Å². The van der Waals surface area contributed by atoms with Gasteiger partial charge in [0.25, 0.3) is 10.2 Å². The van der Waals surface area contributed by atoms with E-state index in [1.165, 1.54) is 14.1 Å². The lowest BCUT2D eigenvalue weighted by atomic mass is 10.2. The average molecular weight is 307 g/mol. The summed E-state index contributed by atoms with van der Waals surface area (Å²) < 4.78 is 27.5. The van der Waals surface area contributed by atoms with Gasteiger partial charge >= 0.3 is 0 Å². The molecule has 16 heavy (non-hydrogen) atoms. The molecule has 0 spiro atoms. The highest BCUT2D eigenvalue weighted by molar-refractivity contribution is 9.10. The monoisotopic (exact) mass is 306 g/mol. The van der Waals surface area contributed by atoms with Crippen molar-refractivity contribution in [2.24, 2.45) is 0 Å². The Balaban J connectivity index is 2.45. The van der Waals surface area contributed by atoms with Crippen molar-refractivity contribution >= 4 is 26.1 Å². The molecule has 0 atom stereocenters. The van der Waals surface area contributed by atoms with E-state index in [1.807, 2.05) is 24.3 Å². The van der Waals surface area contributed by atoms with Crippen molar-refractivity contribution in [2.45, 2.75) is 6.42 Å². The molecule has 0 saturated heterocycles. The molecule has 0 aliphatic rings. The van der Waals surface area contributed by atoms with Crippen molar-refractivity contribution < 1.29 is 8.42 Å². The van der Waals surface area contributed by atoms with Crippen LogP contribution in [-0.2, 0) is 16.6 Å². The molecule has 0 aliphatic carbocycles. The van der Waals surface area contributed by atoms with Gasteiger partial charge in [0.15, 0.2) is 0 Å². The van der Waals surface area contributed by atoms with Crippen molar-refractivity contribution in [2.75, 3.05) is 20.6 Å². The highest BCUT2D eigenvalue weighted by atomic mass is 79.9. The van der Waals surface area contributed by atoms with E-state index in [4.69, 9.17) is 0 Å². The lowest BCUT2D eigenvalue weighted by Gasteiger charge is -2.12. The van der Waals surface area contributed by atoms with Gasteiger partial charge in [-0.15, -0.1) is 0 Å². The normalized spacial score (nSPS) is 12.0. The number of rotatable bonds is 5. The molecule has 4 nitrogen and oxygen atoms in total. The number of nitrogens with zero attached hydrogens (tertiary/aromatic N) is 1. The Morgan fingerprint density at radius 1 is 1.25 bits per heavy atom. The molecule has 1 aromatic carbocycles. The number of hydrogen-bond donors (Lipinski definition) is 1. The minimum atomic E-state index is -3.30. The molecule has 1 rings (SSSR count). The molecule has 90 valence electrons. The Morgan fingerprint density at radius 3 is 2.31 bits per heavy atom. The molecule has 0 radical (unpaired) electrons. The number of halogens is 1. The van der Waals surface area contributed by atoms with Gasteiger partial charge in [0.2, 0.25) is 0 Å². The van der Waals surface area contributed by atoms with Crippen molar-refractivity contribution in [3.05, 3.63) is 34.3 Å². The summed E-state index contributed by atoms with van der Waals surface area (Å²) in [7, 11) is -0.299. The third-order valence-corrected chi connectivity index (χ3v) is 4.15. The molecule has 0 aliphatic heterocycles. The van der Waals surface area contributed by atoms with Gasteiger partial charge in [-0.1, -0.05) is 28.1 Å². The fourth-order valence-corrected chi connectivity index (χ4v) is 1.99. The summed E-state index contributed by atoms with van der Waals surface area (Å²) in [6.45, 7) is 0.405. The number of hydrogen-bond acceptors (Lipinski definition) is 2. The summed E-state index contributed by atoms with van der Waals surface area (Å²) in [5, 5.41) is 0. The van der Waals surface area contributed by atoms with E-state index in [-0.39, 0.29) is 0 Å². The summed E-state index contributed by atoms with van der Waals surface area (Å²) >= 11 is 3.35. The van der Waals surface area contributed by atoms with Gasteiger partial charge in [-0.2, -0.15) is 12.7 Å². The van der Waals surface area contributed by atoms with Crippen LogP contribution in [0.1, 0.15) is 5.56 Å². The highest BCUT2D eigenvalue weighted by Crippen LogP contribution is 2.10. The molecular formula is C10H15BrN2O2S. The van der Waals surface area contributed by atoms with E-state index >= 15 is 0 Å². The first kappa shape index (κ1) is 13.6. The highest BCUT2D eigenvalue weighted by Gasteiger charge is 2.11. The van der Waals surface area contributed by atoms with Gasteiger partial charge in [-0.05, 0) is 24.1 Å². The molecule has 6 heteroatoms. The van der Waals surface area contributed by atoms with Crippen molar-refractivity contribution in [1.29, 1.82) is 0 Å². The van der Waals surface area contributed by atoms with Crippen LogP contribution in [0.4, 0.5) is 0 Å². The van der Waals surface area contributed by atoms with Gasteiger partial charge in [0.05, 0.1) is 0 Å². The van der Waals surface area contributed by atoms with E-state index in [1.54, 1.807) is 0 Å². The summed E-state index contributed by atoms with van der Waals surface area (Å²) in [5.41, 5.74) is 1.10. The van der Waals surface area contributed by atoms with Crippen LogP contribution in [-0.4, -0.2) is 33.4 Å². The van der Waals surface area contributed by atoms with Gasteiger partial charge in [-0.25, -0.2) is 4.72 Å². The van der Waals surface area contributed by atoms with Gasteiger partial charge in [0.1, 0.15) is 0 Å². The van der Waals surface area contributed by atoms with Crippen LogP contribution in [0.15, 0.2) is 28.7 Å². The maximum atomic E-state index is 11.4. The summed E-state index contributed by atoms with van der Waals surface area (Å²) in [5.74, 6) is 0. The Hall–Kier alpha value is -0.430. The maximum Gasteiger partial charge on any atom is 0.278 e. The average Bonchev–Trinajstić information content (AvgIpc) is 2.20. The molecule has 1 N–H and O–H groups in total. The topological polar surface area (TPSA) is 49.4 Å². The predicted octanol–water partition coefficient (Wildman–Crippen LogP) is 1.39. The summed E-state index contributed by atoms with van der Waals surface area (Å²) in [4.78, 5) is 0. The molecule has 0 bridgehead atoms. The third kappa shape index (κ3) is 4.21. The minimum absolute atomic E-state index is 0.405. The second kappa shape index (κ2) is 5.77. The van der Waals surface area contributed by atoms with Gasteiger partial charge < -0.3 is 0 Å². The lowest BCUT2D eigenvalue weighted by Crippen LogP contribution is -2.36. The molecule has 0 amide bonds. The van der Waals surface area contributed by atoms with Crippen LogP contribution >= 0.6 is 15.9 Å². The van der Waals surface area contributed by atoms with Crippen LogP contribution in [0.2, 0.25) is 0 Å². The molecular weight excluding hydrogens is 292 g/mol. The fraction of sp³-hybridized carbons (Fsp3) is 0.400. The van der Waals surface area contributed by atoms with Crippen molar-refractivity contribution in [3.63, 3.8) is 0 Å². The smallest absolute Gasteiger partial charge is 0.202 e. The Kier molecular flexibility index (Phi) is 4.91. The first-order valence-electron chi connectivity index (χ1n) is 4.83. The van der Waals surface area contributed by atoms with E-state index in [0.717, 1.165) is 14.3 Å². The summed E-state index contributed by atoms with van der Waals surface area (Å²) in [6.07, 6.45) is 0.681. The number of benzene rings is 1. The van der Waals surface area contributed by atoms with Crippen LogP contribution in [0.25, 0.3) is 0 Å². The molecule has 0 saturated carbocycles. The first-order chi connectivity index (χ1) is 7.42. The maximum absolute atomic E-state index is 11.4. The molecule has 1 aromatic rings. The van der Waals surface area contributed by atoms with Crippen LogP contribution in [0, 0.1) is 0 Å². The van der Waals surface area contributed by atoms with Crippen molar-refractivity contribution in [1.82, 2.24) is 9.03 Å². The Bertz CT molecular complexity index is 429. The van der Waals surface area contributed by atoms with Gasteiger partial charge in [0, 0.05) is 25.1 Å². The predicted molar refractivity (Wildman–Crippen MR) is 68.5 cm³/mol. The zero-order valence-corrected chi connectivity index (χ0v) is 11.7. The van der Waals surface area contributed by atoms with Gasteiger partial charge in [-0.3, -0.25) is 0 Å². The molecule has 0 fully saturated rings. The largest absolute Gasteiger partial charge is 0.278 e. The van der Waals surface area contributed by atoms with Crippen LogP contribution in [0.3, 0.4) is 0 Å².